The largest absolute Gasteiger partial charge is 0.466 e. The number of esters is 1. The summed E-state index contributed by atoms with van der Waals surface area (Å²) in [7, 11) is -4.72. The van der Waals surface area contributed by atoms with Crippen molar-refractivity contribution in [2.45, 2.75) is 122 Å². The van der Waals surface area contributed by atoms with Crippen LogP contribution < -0.4 is 11.4 Å². The van der Waals surface area contributed by atoms with Gasteiger partial charge in [0.2, 0.25) is 0 Å². The molecule has 1 aromatic heterocycles. The van der Waals surface area contributed by atoms with Crippen LogP contribution in [0.25, 0.3) is 0 Å². The van der Waals surface area contributed by atoms with Crippen molar-refractivity contribution in [2.75, 3.05) is 18.9 Å². The fourth-order valence-corrected chi connectivity index (χ4v) is 6.11. The van der Waals surface area contributed by atoms with Gasteiger partial charge in [0.15, 0.2) is 22.9 Å². The lowest BCUT2D eigenvalue weighted by Gasteiger charge is -2.43. The van der Waals surface area contributed by atoms with E-state index in [9.17, 15) is 14.7 Å². The summed E-state index contributed by atoms with van der Waals surface area (Å²) < 4.78 is 26.2. The minimum Gasteiger partial charge on any atom is -0.466 e. The van der Waals surface area contributed by atoms with E-state index in [1.54, 1.807) is 6.92 Å². The highest BCUT2D eigenvalue weighted by atomic mass is 28.4. The van der Waals surface area contributed by atoms with E-state index in [0.29, 0.717) is 0 Å². The minimum atomic E-state index is -2.50. The molecule has 10 nitrogen and oxygen atoms in total. The second-order valence-corrected chi connectivity index (χ2v) is 22.8. The fourth-order valence-electron chi connectivity index (χ4n) is 3.80. The summed E-state index contributed by atoms with van der Waals surface area (Å²) in [6.45, 7) is 23.1. The Hall–Kier alpha value is -1.58. The summed E-state index contributed by atoms with van der Waals surface area (Å²) in [5.41, 5.74) is 3.48. The maximum absolute atomic E-state index is 12.9. The highest BCUT2D eigenvalue weighted by Gasteiger charge is 2.60. The number of hydrogen-bond donors (Lipinski definition) is 2. The number of anilines is 1. The minimum absolute atomic E-state index is 0.0182. The van der Waals surface area contributed by atoms with Gasteiger partial charge in [-0.1, -0.05) is 41.5 Å². The Morgan fingerprint density at radius 1 is 1.16 bits per heavy atom. The number of ether oxygens (including phenoxy) is 2. The zero-order valence-corrected chi connectivity index (χ0v) is 27.1. The van der Waals surface area contributed by atoms with Gasteiger partial charge in [0.1, 0.15) is 23.6 Å². The lowest BCUT2D eigenvalue weighted by molar-refractivity contribution is -0.147. The summed E-state index contributed by atoms with van der Waals surface area (Å²) in [6, 6.07) is 1.51. The molecule has 0 radical (unpaired) electrons. The Balaban J connectivity index is 2.61. The first kappa shape index (κ1) is 32.6. The van der Waals surface area contributed by atoms with E-state index >= 15 is 0 Å². The molecule has 0 unspecified atom stereocenters. The van der Waals surface area contributed by atoms with Crippen molar-refractivity contribution in [3.8, 4) is 0 Å². The average molecular weight is 572 g/mol. The van der Waals surface area contributed by atoms with Crippen LogP contribution in [0.15, 0.2) is 17.1 Å². The van der Waals surface area contributed by atoms with Gasteiger partial charge in [-0.25, -0.2) is 4.79 Å². The fraction of sp³-hybridized carbons (Fsp3) is 0.808. The van der Waals surface area contributed by atoms with E-state index < -0.39 is 52.3 Å². The molecule has 0 aromatic carbocycles. The lowest BCUT2D eigenvalue weighted by Crippen LogP contribution is -2.57. The molecule has 1 aliphatic heterocycles. The zero-order chi connectivity index (χ0) is 29.3. The van der Waals surface area contributed by atoms with E-state index in [0.717, 1.165) is 0 Å². The van der Waals surface area contributed by atoms with Crippen molar-refractivity contribution in [1.82, 2.24) is 9.55 Å². The number of nitrogens with two attached hydrogens (primary N) is 1. The Morgan fingerprint density at radius 3 is 2.24 bits per heavy atom. The van der Waals surface area contributed by atoms with Gasteiger partial charge in [-0.3, -0.25) is 9.36 Å². The van der Waals surface area contributed by atoms with E-state index in [1.165, 1.54) is 16.8 Å². The Morgan fingerprint density at radius 2 is 1.74 bits per heavy atom. The topological polar surface area (TPSA) is 135 Å². The third-order valence-corrected chi connectivity index (χ3v) is 17.4. The van der Waals surface area contributed by atoms with Crippen LogP contribution in [-0.2, 0) is 23.1 Å². The molecular formula is C26H49N3O7Si2. The van der Waals surface area contributed by atoms with Gasteiger partial charge in [-0.05, 0) is 55.7 Å². The number of aromatic nitrogens is 2. The van der Waals surface area contributed by atoms with E-state index in [1.807, 2.05) is 0 Å². The lowest BCUT2D eigenvalue weighted by atomic mass is 9.87. The highest BCUT2D eigenvalue weighted by Crippen LogP contribution is 2.47. The molecule has 0 spiro atoms. The molecule has 1 fully saturated rings. The average Bonchev–Trinajstić information content (AvgIpc) is 3.01. The summed E-state index contributed by atoms with van der Waals surface area (Å²) in [5, 5.41) is 12.1. The Labute approximate surface area is 229 Å². The monoisotopic (exact) mass is 571 g/mol. The third-order valence-electron chi connectivity index (χ3n) is 8.40. The van der Waals surface area contributed by atoms with Crippen LogP contribution in [0.4, 0.5) is 5.82 Å². The van der Waals surface area contributed by atoms with Gasteiger partial charge in [0.05, 0.1) is 13.2 Å². The van der Waals surface area contributed by atoms with Crippen molar-refractivity contribution >= 4 is 28.4 Å². The number of nitrogens with zero attached hydrogens (tertiary/aromatic N) is 2. The SMILES string of the molecule is CCOC(=O)CC[C@@]1(O)[C@@H](CO[Si](C)(C)C(C)(C)C)O[C@@H](n2ccc(N)nc2=O)[C@@H]1O[Si](C)(C)C(C)(C)C. The first-order valence-corrected chi connectivity index (χ1v) is 19.2. The summed E-state index contributed by atoms with van der Waals surface area (Å²) >= 11 is 0. The van der Waals surface area contributed by atoms with Crippen LogP contribution in [0.2, 0.25) is 36.3 Å². The molecule has 2 heterocycles. The van der Waals surface area contributed by atoms with Crippen molar-refractivity contribution in [3.63, 3.8) is 0 Å². The molecule has 0 amide bonds. The Bertz CT molecular complexity index is 1030. The maximum Gasteiger partial charge on any atom is 0.351 e. The van der Waals surface area contributed by atoms with Crippen LogP contribution in [0.3, 0.4) is 0 Å². The first-order valence-electron chi connectivity index (χ1n) is 13.4. The number of nitrogen functional groups attached to an aromatic ring is 1. The number of carbonyl (C=O) groups is 1. The smallest absolute Gasteiger partial charge is 0.351 e. The van der Waals surface area contributed by atoms with Crippen LogP contribution >= 0.6 is 0 Å². The van der Waals surface area contributed by atoms with Gasteiger partial charge in [-0.15, -0.1) is 0 Å². The van der Waals surface area contributed by atoms with Crippen LogP contribution in [-0.4, -0.2) is 68.3 Å². The molecule has 3 N–H and O–H groups in total. The quantitative estimate of drug-likeness (QED) is 0.313. The number of aliphatic hydroxyl groups is 1. The first-order chi connectivity index (χ1) is 17.2. The molecule has 1 saturated heterocycles. The number of hydrogen-bond acceptors (Lipinski definition) is 9. The third kappa shape index (κ3) is 7.13. The molecule has 38 heavy (non-hydrogen) atoms. The van der Waals surface area contributed by atoms with Crippen molar-refractivity contribution < 1.29 is 28.2 Å². The maximum atomic E-state index is 12.9. The molecule has 0 aliphatic carbocycles. The normalized spacial score (nSPS) is 25.0. The van der Waals surface area contributed by atoms with E-state index in [2.05, 4.69) is 72.7 Å². The number of carbonyl (C=O) groups excluding carboxylic acids is 1. The molecule has 12 heteroatoms. The predicted octanol–water partition coefficient (Wildman–Crippen LogP) is 4.21. The summed E-state index contributed by atoms with van der Waals surface area (Å²) in [4.78, 5) is 29.2. The molecule has 1 aliphatic rings. The second-order valence-electron chi connectivity index (χ2n) is 13.2. The van der Waals surface area contributed by atoms with Gasteiger partial charge >= 0.3 is 11.7 Å². The number of rotatable bonds is 10. The summed E-state index contributed by atoms with van der Waals surface area (Å²) in [6.07, 6.45) is -1.34. The molecule has 4 atom stereocenters. The molecular weight excluding hydrogens is 522 g/mol. The zero-order valence-electron chi connectivity index (χ0n) is 25.1. The molecule has 0 saturated carbocycles. The van der Waals surface area contributed by atoms with Gasteiger partial charge in [0, 0.05) is 12.6 Å². The van der Waals surface area contributed by atoms with Crippen molar-refractivity contribution in [1.29, 1.82) is 0 Å². The standard InChI is InChI=1S/C26H49N3O7Si2/c1-12-33-20(30)13-15-26(32)18(17-34-37(8,9)24(2,3)4)35-22(29-16-14-19(27)28-23(29)31)21(26)36-38(10,11)25(5,6)7/h14,16,18,21-22,32H,12-13,15,17H2,1-11H3,(H2,27,28,31)/t18-,21+,22-,26-/m1/s1. The molecule has 0 bridgehead atoms. The van der Waals surface area contributed by atoms with Crippen LogP contribution in [0.5, 0.6) is 0 Å². The molecule has 2 rings (SSSR count). The summed E-state index contributed by atoms with van der Waals surface area (Å²) in [5.74, 6) is -0.340. The van der Waals surface area contributed by atoms with E-state index in [4.69, 9.17) is 24.1 Å². The predicted molar refractivity (Wildman–Crippen MR) is 153 cm³/mol. The highest BCUT2D eigenvalue weighted by molar-refractivity contribution is 6.74. The van der Waals surface area contributed by atoms with Gasteiger partial charge < -0.3 is 29.2 Å². The van der Waals surface area contributed by atoms with Crippen molar-refractivity contribution in [2.24, 2.45) is 0 Å². The second kappa shape index (κ2) is 11.5. The molecule has 1 aromatic rings. The van der Waals surface area contributed by atoms with E-state index in [-0.39, 0.29) is 41.9 Å². The molecule has 218 valence electrons. The van der Waals surface area contributed by atoms with Gasteiger partial charge in [-0.2, -0.15) is 4.98 Å². The van der Waals surface area contributed by atoms with Crippen LogP contribution in [0, 0.1) is 0 Å². The van der Waals surface area contributed by atoms with Crippen molar-refractivity contribution in [3.05, 3.63) is 22.7 Å². The Kier molecular flexibility index (Phi) is 9.87. The van der Waals surface area contributed by atoms with Crippen LogP contribution in [0.1, 0.15) is 67.5 Å². The van der Waals surface area contributed by atoms with Gasteiger partial charge in [0.25, 0.3) is 0 Å².